The first kappa shape index (κ1) is 27.4. The second-order valence-electron chi connectivity index (χ2n) is 6.20. The highest BCUT2D eigenvalue weighted by Crippen LogP contribution is 2.17. The molecule has 0 bridgehead atoms. The molecule has 0 aliphatic rings. The van der Waals surface area contributed by atoms with Gasteiger partial charge in [0, 0.05) is 0 Å². The van der Waals surface area contributed by atoms with Crippen molar-refractivity contribution in [1.82, 2.24) is 0 Å². The number of carbonyl (C=O) groups is 2. The molecule has 0 saturated carbocycles. The molecule has 0 heterocycles. The summed E-state index contributed by atoms with van der Waals surface area (Å²) in [6.07, 6.45) is -7.69. The molecule has 0 aliphatic carbocycles. The maximum absolute atomic E-state index is 11.7. The zero-order valence-electron chi connectivity index (χ0n) is 16.1. The minimum absolute atomic E-state index is 0.0181. The lowest BCUT2D eigenvalue weighted by molar-refractivity contribution is -0.325. The fraction of sp³-hybridized carbons (Fsp3) is 0.882. The highest BCUT2D eigenvalue weighted by Gasteiger charge is 2.29. The Morgan fingerprint density at radius 1 is 0.690 bits per heavy atom. The number of esters is 2. The van der Waals surface area contributed by atoms with Crippen LogP contribution in [0, 0.1) is 5.92 Å². The molecule has 1 atom stereocenters. The predicted molar refractivity (Wildman–Crippen MR) is 87.4 cm³/mol. The number of hydrogen-bond acceptors (Lipinski definition) is 6. The summed E-state index contributed by atoms with van der Waals surface area (Å²) in [5.74, 6) is -2.01. The zero-order chi connectivity index (χ0) is 22.3. The lowest BCUT2D eigenvalue weighted by Gasteiger charge is -2.12. The van der Waals surface area contributed by atoms with Crippen molar-refractivity contribution in [3.05, 3.63) is 0 Å². The van der Waals surface area contributed by atoms with Gasteiger partial charge in [-0.2, -0.15) is 0 Å². The highest BCUT2D eigenvalue weighted by atomic mass is 19.4. The highest BCUT2D eigenvalue weighted by molar-refractivity contribution is 5.79. The number of alkyl halides is 6. The van der Waals surface area contributed by atoms with Crippen molar-refractivity contribution < 1.29 is 54.9 Å². The van der Waals surface area contributed by atoms with Gasteiger partial charge in [-0.3, -0.25) is 19.1 Å². The van der Waals surface area contributed by atoms with Crippen molar-refractivity contribution >= 4 is 11.9 Å². The maximum Gasteiger partial charge on any atom is 0.522 e. The van der Waals surface area contributed by atoms with Gasteiger partial charge in [0.1, 0.15) is 0 Å². The van der Waals surface area contributed by atoms with Crippen LogP contribution in [-0.2, 0) is 28.5 Å². The van der Waals surface area contributed by atoms with Crippen LogP contribution in [0.15, 0.2) is 0 Å². The van der Waals surface area contributed by atoms with E-state index in [2.05, 4.69) is 9.47 Å². The molecule has 0 rings (SSSR count). The molecule has 1 unspecified atom stereocenters. The summed E-state index contributed by atoms with van der Waals surface area (Å²) in [5.41, 5.74) is 0. The van der Waals surface area contributed by atoms with Gasteiger partial charge in [0.2, 0.25) is 0 Å². The van der Waals surface area contributed by atoms with E-state index >= 15 is 0 Å². The van der Waals surface area contributed by atoms with E-state index in [0.29, 0.717) is 25.7 Å². The molecule has 0 aromatic heterocycles. The molecule has 172 valence electrons. The van der Waals surface area contributed by atoms with Gasteiger partial charge < -0.3 is 9.47 Å². The van der Waals surface area contributed by atoms with E-state index in [1.807, 2.05) is 0 Å². The van der Waals surface area contributed by atoms with E-state index in [1.54, 1.807) is 0 Å². The molecule has 0 aromatic rings. The van der Waals surface area contributed by atoms with Crippen molar-refractivity contribution in [2.45, 2.75) is 64.6 Å². The Kier molecular flexibility index (Phi) is 13.7. The van der Waals surface area contributed by atoms with E-state index in [-0.39, 0.29) is 32.5 Å². The van der Waals surface area contributed by atoms with Gasteiger partial charge >= 0.3 is 24.7 Å². The fourth-order valence-corrected chi connectivity index (χ4v) is 2.03. The molecular weight excluding hydrogens is 414 g/mol. The van der Waals surface area contributed by atoms with Crippen molar-refractivity contribution in [1.29, 1.82) is 0 Å². The first-order valence-corrected chi connectivity index (χ1v) is 9.14. The molecule has 29 heavy (non-hydrogen) atoms. The summed E-state index contributed by atoms with van der Waals surface area (Å²) in [6, 6.07) is 0. The van der Waals surface area contributed by atoms with Crippen molar-refractivity contribution in [2.75, 3.05) is 26.4 Å². The predicted octanol–water partition coefficient (Wildman–Crippen LogP) is 4.51. The summed E-state index contributed by atoms with van der Waals surface area (Å²) in [5, 5.41) is 0. The van der Waals surface area contributed by atoms with Crippen LogP contribution in [0.25, 0.3) is 0 Å². The van der Waals surface area contributed by atoms with Gasteiger partial charge in [0.15, 0.2) is 0 Å². The molecule has 6 nitrogen and oxygen atoms in total. The molecule has 0 saturated heterocycles. The number of unbranched alkanes of at least 4 members (excludes halogenated alkanes) is 4. The molecule has 12 heteroatoms. The number of hydrogen-bond donors (Lipinski definition) is 0. The van der Waals surface area contributed by atoms with Crippen LogP contribution in [0.5, 0.6) is 0 Å². The van der Waals surface area contributed by atoms with E-state index in [1.165, 1.54) is 6.92 Å². The molecule has 0 radical (unpaired) electrons. The van der Waals surface area contributed by atoms with E-state index in [0.717, 1.165) is 0 Å². The van der Waals surface area contributed by atoms with E-state index in [4.69, 9.17) is 9.47 Å². The third-order valence-electron chi connectivity index (χ3n) is 3.49. The first-order chi connectivity index (χ1) is 13.4. The summed E-state index contributed by atoms with van der Waals surface area (Å²) in [7, 11) is 0. The van der Waals surface area contributed by atoms with Crippen LogP contribution < -0.4 is 0 Å². The average molecular weight is 440 g/mol. The van der Waals surface area contributed by atoms with Crippen LogP contribution in [0.2, 0.25) is 0 Å². The fourth-order valence-electron chi connectivity index (χ4n) is 2.03. The van der Waals surface area contributed by atoms with Crippen LogP contribution >= 0.6 is 0 Å². The molecule has 0 aliphatic heterocycles. The molecule has 0 N–H and O–H groups in total. The number of ether oxygens (including phenoxy) is 4. The minimum atomic E-state index is -4.65. The van der Waals surface area contributed by atoms with Gasteiger partial charge in [-0.05, 0) is 38.5 Å². The van der Waals surface area contributed by atoms with E-state index in [9.17, 15) is 35.9 Å². The SMILES string of the molecule is CC(CC(=O)OCCCCCOC(F)(F)F)C(=O)OCCCCCOC(F)(F)F. The summed E-state index contributed by atoms with van der Waals surface area (Å²) in [6.45, 7) is 0.580. The average Bonchev–Trinajstić information content (AvgIpc) is 2.57. The number of rotatable bonds is 15. The Bertz CT molecular complexity index is 466. The second-order valence-corrected chi connectivity index (χ2v) is 6.20. The quantitative estimate of drug-likeness (QED) is 0.212. The topological polar surface area (TPSA) is 71.1 Å². The normalized spacial score (nSPS) is 13.2. The molecule has 0 amide bonds. The largest absolute Gasteiger partial charge is 0.522 e. The van der Waals surface area contributed by atoms with Gasteiger partial charge in [0.05, 0.1) is 38.8 Å². The monoisotopic (exact) mass is 440 g/mol. The van der Waals surface area contributed by atoms with Crippen LogP contribution in [0.1, 0.15) is 51.9 Å². The van der Waals surface area contributed by atoms with Crippen molar-refractivity contribution in [3.8, 4) is 0 Å². The number of halogens is 6. The third-order valence-corrected chi connectivity index (χ3v) is 3.49. The smallest absolute Gasteiger partial charge is 0.466 e. The maximum atomic E-state index is 11.7. The van der Waals surface area contributed by atoms with Crippen LogP contribution in [0.3, 0.4) is 0 Å². The van der Waals surface area contributed by atoms with Crippen LogP contribution in [0.4, 0.5) is 26.3 Å². The van der Waals surface area contributed by atoms with Gasteiger partial charge in [0.25, 0.3) is 0 Å². The summed E-state index contributed by atoms with van der Waals surface area (Å²) < 4.78 is 87.5. The van der Waals surface area contributed by atoms with Crippen molar-refractivity contribution in [2.24, 2.45) is 5.92 Å². The summed E-state index contributed by atoms with van der Waals surface area (Å²) >= 11 is 0. The van der Waals surface area contributed by atoms with Gasteiger partial charge in [-0.25, -0.2) is 0 Å². The first-order valence-electron chi connectivity index (χ1n) is 9.14. The standard InChI is InChI=1S/C17H26F6O6/c1-13(15(25)27-9-5-3-7-11-29-17(21,22)23)12-14(24)26-8-4-2-6-10-28-16(18,19)20/h13H,2-12H2,1H3. The summed E-state index contributed by atoms with van der Waals surface area (Å²) in [4.78, 5) is 23.3. The van der Waals surface area contributed by atoms with Crippen molar-refractivity contribution in [3.63, 3.8) is 0 Å². The Balaban J connectivity index is 3.64. The lowest BCUT2D eigenvalue weighted by Crippen LogP contribution is -2.20. The molecule has 0 aromatic carbocycles. The molecule has 0 fully saturated rings. The third kappa shape index (κ3) is 19.5. The van der Waals surface area contributed by atoms with Gasteiger partial charge in [-0.1, -0.05) is 6.92 Å². The number of carbonyl (C=O) groups excluding carboxylic acids is 2. The minimum Gasteiger partial charge on any atom is -0.466 e. The Hall–Kier alpha value is -1.56. The zero-order valence-corrected chi connectivity index (χ0v) is 16.1. The lowest BCUT2D eigenvalue weighted by atomic mass is 10.1. The van der Waals surface area contributed by atoms with Crippen LogP contribution in [-0.4, -0.2) is 51.1 Å². The Morgan fingerprint density at radius 3 is 1.55 bits per heavy atom. The Labute approximate surface area is 164 Å². The van der Waals surface area contributed by atoms with E-state index < -0.39 is 43.8 Å². The second kappa shape index (κ2) is 14.4. The molecular formula is C17H26F6O6. The van der Waals surface area contributed by atoms with Gasteiger partial charge in [-0.15, -0.1) is 26.3 Å². The Morgan fingerprint density at radius 2 is 1.10 bits per heavy atom. The molecule has 0 spiro atoms.